The van der Waals surface area contributed by atoms with Crippen molar-refractivity contribution >= 4 is 23.4 Å². The molecule has 1 heterocycles. The zero-order valence-corrected chi connectivity index (χ0v) is 16.0. The number of carbonyl (C=O) groups is 3. The van der Waals surface area contributed by atoms with E-state index in [0.29, 0.717) is 19.0 Å². The smallest absolute Gasteiger partial charge is 0.243 e. The van der Waals surface area contributed by atoms with Gasteiger partial charge < -0.3 is 15.5 Å². The van der Waals surface area contributed by atoms with Crippen molar-refractivity contribution in [3.05, 3.63) is 65.5 Å². The first-order valence-corrected chi connectivity index (χ1v) is 9.38. The Morgan fingerprint density at radius 1 is 1.03 bits per heavy atom. The van der Waals surface area contributed by atoms with Crippen molar-refractivity contribution in [1.29, 1.82) is 0 Å². The van der Waals surface area contributed by atoms with Crippen molar-refractivity contribution < 1.29 is 27.6 Å². The van der Waals surface area contributed by atoms with E-state index in [0.717, 1.165) is 11.6 Å². The van der Waals surface area contributed by atoms with E-state index in [-0.39, 0.29) is 18.9 Å². The van der Waals surface area contributed by atoms with Gasteiger partial charge in [-0.1, -0.05) is 30.3 Å². The second-order valence-electron chi connectivity index (χ2n) is 6.97. The molecule has 0 aromatic heterocycles. The molecule has 3 amide bonds. The minimum Gasteiger partial charge on any atom is -0.347 e. The lowest BCUT2D eigenvalue weighted by Crippen LogP contribution is -2.38. The van der Waals surface area contributed by atoms with Gasteiger partial charge in [-0.2, -0.15) is 0 Å². The van der Waals surface area contributed by atoms with E-state index in [1.165, 1.54) is 0 Å². The van der Waals surface area contributed by atoms with Crippen LogP contribution in [0.25, 0.3) is 0 Å². The molecular formula is C21H20F3N3O3. The monoisotopic (exact) mass is 419 g/mol. The number of carbonyl (C=O) groups excluding carboxylic acids is 3. The molecule has 0 bridgehead atoms. The maximum Gasteiger partial charge on any atom is 0.243 e. The van der Waals surface area contributed by atoms with Crippen LogP contribution in [0, 0.1) is 23.4 Å². The van der Waals surface area contributed by atoms with Crippen molar-refractivity contribution in [3.8, 4) is 0 Å². The Balaban J connectivity index is 1.46. The predicted molar refractivity (Wildman–Crippen MR) is 103 cm³/mol. The fourth-order valence-electron chi connectivity index (χ4n) is 3.20. The fraction of sp³-hybridized carbons (Fsp3) is 0.286. The van der Waals surface area contributed by atoms with Crippen molar-refractivity contribution in [1.82, 2.24) is 10.2 Å². The topological polar surface area (TPSA) is 78.5 Å². The number of anilines is 1. The van der Waals surface area contributed by atoms with Gasteiger partial charge in [0.05, 0.1) is 18.2 Å². The van der Waals surface area contributed by atoms with Gasteiger partial charge in [-0.15, -0.1) is 0 Å². The van der Waals surface area contributed by atoms with Gasteiger partial charge in [0.25, 0.3) is 0 Å². The molecule has 158 valence electrons. The molecule has 1 atom stereocenters. The van der Waals surface area contributed by atoms with Crippen molar-refractivity contribution in [2.45, 2.75) is 12.8 Å². The molecule has 6 nitrogen and oxygen atoms in total. The third-order valence-electron chi connectivity index (χ3n) is 4.83. The van der Waals surface area contributed by atoms with Gasteiger partial charge in [-0.3, -0.25) is 14.4 Å². The third-order valence-corrected chi connectivity index (χ3v) is 4.83. The molecule has 1 fully saturated rings. The Labute approximate surface area is 171 Å². The SMILES string of the molecule is O=C(CNC(=O)C1CC(=O)N(CCc2ccccc2)C1)Nc1ccc(F)c(F)c1F. The number of rotatable bonds is 7. The van der Waals surface area contributed by atoms with Gasteiger partial charge in [-0.05, 0) is 24.1 Å². The van der Waals surface area contributed by atoms with E-state index >= 15 is 0 Å². The summed E-state index contributed by atoms with van der Waals surface area (Å²) in [5.41, 5.74) is 0.551. The van der Waals surface area contributed by atoms with Crippen molar-refractivity contribution in [2.24, 2.45) is 5.92 Å². The van der Waals surface area contributed by atoms with Gasteiger partial charge in [-0.25, -0.2) is 13.2 Å². The maximum atomic E-state index is 13.6. The summed E-state index contributed by atoms with van der Waals surface area (Å²) >= 11 is 0. The van der Waals surface area contributed by atoms with E-state index in [1.54, 1.807) is 4.90 Å². The summed E-state index contributed by atoms with van der Waals surface area (Å²) < 4.78 is 39.7. The Morgan fingerprint density at radius 3 is 2.50 bits per heavy atom. The number of hydrogen-bond acceptors (Lipinski definition) is 3. The third kappa shape index (κ3) is 5.16. The second-order valence-corrected chi connectivity index (χ2v) is 6.97. The normalized spacial score (nSPS) is 15.9. The number of amides is 3. The highest BCUT2D eigenvalue weighted by atomic mass is 19.2. The summed E-state index contributed by atoms with van der Waals surface area (Å²) in [6, 6.07) is 11.2. The second kappa shape index (κ2) is 9.43. The molecule has 2 N–H and O–H groups in total. The number of hydrogen-bond donors (Lipinski definition) is 2. The summed E-state index contributed by atoms with van der Waals surface area (Å²) in [6.07, 6.45) is 0.711. The molecule has 1 aliphatic rings. The summed E-state index contributed by atoms with van der Waals surface area (Å²) in [6.45, 7) is 0.241. The average Bonchev–Trinajstić information content (AvgIpc) is 3.12. The van der Waals surface area contributed by atoms with E-state index in [4.69, 9.17) is 0 Å². The molecule has 0 radical (unpaired) electrons. The van der Waals surface area contributed by atoms with E-state index in [9.17, 15) is 27.6 Å². The summed E-state index contributed by atoms with van der Waals surface area (Å²) in [5.74, 6) is -6.62. The molecule has 1 unspecified atom stereocenters. The Hall–Kier alpha value is -3.36. The van der Waals surface area contributed by atoms with Crippen LogP contribution >= 0.6 is 0 Å². The van der Waals surface area contributed by atoms with Crippen molar-refractivity contribution in [2.75, 3.05) is 25.0 Å². The molecule has 9 heteroatoms. The molecule has 30 heavy (non-hydrogen) atoms. The summed E-state index contributed by atoms with van der Waals surface area (Å²) in [5, 5.41) is 4.45. The van der Waals surface area contributed by atoms with Crippen LogP contribution in [0.4, 0.5) is 18.9 Å². The summed E-state index contributed by atoms with van der Waals surface area (Å²) in [4.78, 5) is 37.9. The van der Waals surface area contributed by atoms with Crippen LogP contribution in [0.5, 0.6) is 0 Å². The molecule has 2 aromatic rings. The van der Waals surface area contributed by atoms with Crippen LogP contribution in [0.2, 0.25) is 0 Å². The lowest BCUT2D eigenvalue weighted by atomic mass is 10.1. The number of benzene rings is 2. The largest absolute Gasteiger partial charge is 0.347 e. The Morgan fingerprint density at radius 2 is 1.77 bits per heavy atom. The molecule has 0 spiro atoms. The highest BCUT2D eigenvalue weighted by Gasteiger charge is 2.34. The minimum atomic E-state index is -1.70. The average molecular weight is 419 g/mol. The fourth-order valence-corrected chi connectivity index (χ4v) is 3.20. The Kier molecular flexibility index (Phi) is 6.71. The van der Waals surface area contributed by atoms with Crippen LogP contribution in [0.1, 0.15) is 12.0 Å². The Bertz CT molecular complexity index is 953. The van der Waals surface area contributed by atoms with Crippen LogP contribution in [-0.4, -0.2) is 42.3 Å². The number of halogens is 3. The lowest BCUT2D eigenvalue weighted by Gasteiger charge is -2.16. The van der Waals surface area contributed by atoms with Crippen LogP contribution < -0.4 is 10.6 Å². The van der Waals surface area contributed by atoms with E-state index in [2.05, 4.69) is 10.6 Å². The van der Waals surface area contributed by atoms with Gasteiger partial charge in [0, 0.05) is 19.5 Å². The first-order chi connectivity index (χ1) is 14.3. The van der Waals surface area contributed by atoms with Gasteiger partial charge in [0.1, 0.15) is 0 Å². The van der Waals surface area contributed by atoms with E-state index < -0.39 is 47.4 Å². The van der Waals surface area contributed by atoms with Crippen LogP contribution in [0.15, 0.2) is 42.5 Å². The maximum absolute atomic E-state index is 13.6. The predicted octanol–water partition coefficient (Wildman–Crippen LogP) is 2.25. The molecule has 0 saturated carbocycles. The highest BCUT2D eigenvalue weighted by Crippen LogP contribution is 2.20. The minimum absolute atomic E-state index is 0.0417. The number of nitrogens with one attached hydrogen (secondary N) is 2. The lowest BCUT2D eigenvalue weighted by molar-refractivity contribution is -0.129. The highest BCUT2D eigenvalue weighted by molar-refractivity contribution is 5.96. The zero-order chi connectivity index (χ0) is 21.7. The quantitative estimate of drug-likeness (QED) is 0.676. The van der Waals surface area contributed by atoms with Crippen LogP contribution in [0.3, 0.4) is 0 Å². The molecule has 3 rings (SSSR count). The number of likely N-dealkylation sites (tertiary alicyclic amines) is 1. The summed E-state index contributed by atoms with van der Waals surface area (Å²) in [7, 11) is 0. The first-order valence-electron chi connectivity index (χ1n) is 9.38. The van der Waals surface area contributed by atoms with Gasteiger partial charge >= 0.3 is 0 Å². The standard InChI is InChI=1S/C21H20F3N3O3/c22-15-6-7-16(20(24)19(15)23)26-17(28)11-25-21(30)14-10-18(29)27(12-14)9-8-13-4-2-1-3-5-13/h1-7,14H,8-12H2,(H,25,30)(H,26,28). The molecule has 2 aromatic carbocycles. The molecule has 0 aliphatic carbocycles. The van der Waals surface area contributed by atoms with Crippen molar-refractivity contribution in [3.63, 3.8) is 0 Å². The first kappa shape index (κ1) is 21.4. The van der Waals surface area contributed by atoms with Gasteiger partial charge in [0.15, 0.2) is 17.5 Å². The van der Waals surface area contributed by atoms with Crippen LogP contribution in [-0.2, 0) is 20.8 Å². The van der Waals surface area contributed by atoms with E-state index in [1.807, 2.05) is 30.3 Å². The molecular weight excluding hydrogens is 399 g/mol. The molecule has 1 saturated heterocycles. The zero-order valence-electron chi connectivity index (χ0n) is 16.0. The molecule has 1 aliphatic heterocycles. The van der Waals surface area contributed by atoms with Gasteiger partial charge in [0.2, 0.25) is 17.7 Å². The number of nitrogens with zero attached hydrogens (tertiary/aromatic N) is 1.